The quantitative estimate of drug-likeness (QED) is 0.603. The van der Waals surface area contributed by atoms with E-state index in [1.165, 1.54) is 12.1 Å². The van der Waals surface area contributed by atoms with E-state index in [-0.39, 0.29) is 5.75 Å². The van der Waals surface area contributed by atoms with Gasteiger partial charge in [-0.2, -0.15) is 4.99 Å². The summed E-state index contributed by atoms with van der Waals surface area (Å²) in [5.74, 6) is 0.163. The lowest BCUT2D eigenvalue weighted by Gasteiger charge is -1.99. The largest absolute Gasteiger partial charge is 0.508 e. The Morgan fingerprint density at radius 2 is 2.33 bits per heavy atom. The van der Waals surface area contributed by atoms with Crippen LogP contribution in [0.1, 0.15) is 25.3 Å². The van der Waals surface area contributed by atoms with E-state index in [1.807, 2.05) is 12.2 Å². The maximum atomic E-state index is 10.2. The summed E-state index contributed by atoms with van der Waals surface area (Å²) in [6, 6.07) is 4.65. The molecule has 3 nitrogen and oxygen atoms in total. The van der Waals surface area contributed by atoms with Gasteiger partial charge in [0.1, 0.15) is 5.75 Å². The predicted molar refractivity (Wildman–Crippen MR) is 59.8 cm³/mol. The van der Waals surface area contributed by atoms with Crippen molar-refractivity contribution in [2.45, 2.75) is 19.8 Å². The first-order chi connectivity index (χ1) is 7.27. The van der Waals surface area contributed by atoms with Crippen molar-refractivity contribution in [2.75, 3.05) is 0 Å². The average Bonchev–Trinajstić information content (AvgIpc) is 2.22. The number of hydrogen-bond acceptors (Lipinski definition) is 3. The van der Waals surface area contributed by atoms with Gasteiger partial charge >= 0.3 is 0 Å². The monoisotopic (exact) mass is 203 g/mol. The standard InChI is InChI=1S/C12H13NO2/c1-2-3-4-5-10-8-11(15)6-7-12(10)13-9-14/h4-8,15H,2-3H2,1H3. The molecule has 1 aromatic carbocycles. The minimum Gasteiger partial charge on any atom is -0.508 e. The number of nitrogens with zero attached hydrogens (tertiary/aromatic N) is 1. The maximum Gasteiger partial charge on any atom is 0.240 e. The zero-order valence-corrected chi connectivity index (χ0v) is 8.60. The summed E-state index contributed by atoms with van der Waals surface area (Å²) in [4.78, 5) is 13.7. The van der Waals surface area contributed by atoms with Crippen molar-refractivity contribution in [3.05, 3.63) is 29.8 Å². The molecule has 0 fully saturated rings. The highest BCUT2D eigenvalue weighted by atomic mass is 16.3. The van der Waals surface area contributed by atoms with Crippen LogP contribution in [0.3, 0.4) is 0 Å². The Labute approximate surface area is 88.8 Å². The lowest BCUT2D eigenvalue weighted by molar-refractivity contribution is 0.475. The lowest BCUT2D eigenvalue weighted by Crippen LogP contribution is -1.75. The van der Waals surface area contributed by atoms with Crippen LogP contribution >= 0.6 is 0 Å². The molecule has 1 aromatic rings. The third-order valence-electron chi connectivity index (χ3n) is 1.93. The van der Waals surface area contributed by atoms with Crippen molar-refractivity contribution in [3.8, 4) is 5.75 Å². The van der Waals surface area contributed by atoms with Gasteiger partial charge in [0.05, 0.1) is 5.69 Å². The molecule has 0 saturated carbocycles. The number of carbonyl (C=O) groups excluding carboxylic acids is 1. The van der Waals surface area contributed by atoms with E-state index in [0.717, 1.165) is 18.4 Å². The Morgan fingerprint density at radius 3 is 3.00 bits per heavy atom. The zero-order chi connectivity index (χ0) is 11.1. The third kappa shape index (κ3) is 3.41. The summed E-state index contributed by atoms with van der Waals surface area (Å²) in [7, 11) is 0. The molecule has 0 aromatic heterocycles. The SMILES string of the molecule is CCCC=Cc1cc(O)ccc1N=C=O. The number of phenolic OH excluding ortho intramolecular Hbond substituents is 1. The van der Waals surface area contributed by atoms with Gasteiger partial charge in [0.2, 0.25) is 6.08 Å². The number of benzene rings is 1. The minimum atomic E-state index is 0.163. The molecular formula is C12H13NO2. The number of isocyanates is 1. The molecule has 78 valence electrons. The van der Waals surface area contributed by atoms with Crippen molar-refractivity contribution >= 4 is 17.8 Å². The van der Waals surface area contributed by atoms with E-state index in [4.69, 9.17) is 0 Å². The van der Waals surface area contributed by atoms with Gasteiger partial charge in [0, 0.05) is 5.56 Å². The molecule has 0 aliphatic heterocycles. The van der Waals surface area contributed by atoms with Gasteiger partial charge in [0.25, 0.3) is 0 Å². The fourth-order valence-electron chi connectivity index (χ4n) is 1.20. The highest BCUT2D eigenvalue weighted by Gasteiger charge is 1.98. The molecule has 1 N–H and O–H groups in total. The first kappa shape index (κ1) is 11.2. The summed E-state index contributed by atoms with van der Waals surface area (Å²) in [6.45, 7) is 2.08. The zero-order valence-electron chi connectivity index (χ0n) is 8.60. The lowest BCUT2D eigenvalue weighted by atomic mass is 10.1. The van der Waals surface area contributed by atoms with Crippen molar-refractivity contribution in [2.24, 2.45) is 4.99 Å². The molecule has 0 atom stereocenters. The highest BCUT2D eigenvalue weighted by molar-refractivity contribution is 5.67. The van der Waals surface area contributed by atoms with Crippen LogP contribution in [0.15, 0.2) is 29.3 Å². The Kier molecular flexibility index (Phi) is 4.32. The molecule has 0 saturated heterocycles. The number of aromatic hydroxyl groups is 1. The van der Waals surface area contributed by atoms with Crippen molar-refractivity contribution in [1.29, 1.82) is 0 Å². The minimum absolute atomic E-state index is 0.163. The van der Waals surface area contributed by atoms with Crippen molar-refractivity contribution in [1.82, 2.24) is 0 Å². The number of allylic oxidation sites excluding steroid dienone is 1. The normalized spacial score (nSPS) is 10.2. The number of hydrogen-bond donors (Lipinski definition) is 1. The molecule has 1 rings (SSSR count). The van der Waals surface area contributed by atoms with E-state index in [2.05, 4.69) is 11.9 Å². The molecule has 0 aliphatic rings. The number of phenols is 1. The van der Waals surface area contributed by atoms with Gasteiger partial charge in [-0.25, -0.2) is 4.79 Å². The Balaban J connectivity index is 3.01. The fourth-order valence-corrected chi connectivity index (χ4v) is 1.20. The molecule has 0 unspecified atom stereocenters. The molecule has 0 radical (unpaired) electrons. The molecule has 0 bridgehead atoms. The van der Waals surface area contributed by atoms with Crippen LogP contribution in [0.25, 0.3) is 6.08 Å². The third-order valence-corrected chi connectivity index (χ3v) is 1.93. The number of rotatable bonds is 4. The summed E-state index contributed by atoms with van der Waals surface area (Å²) in [5, 5.41) is 9.29. The van der Waals surface area contributed by atoms with Gasteiger partial charge in [-0.15, -0.1) is 0 Å². The van der Waals surface area contributed by atoms with E-state index >= 15 is 0 Å². The molecule has 3 heteroatoms. The van der Waals surface area contributed by atoms with E-state index in [0.29, 0.717) is 5.69 Å². The van der Waals surface area contributed by atoms with Crippen LogP contribution in [0.4, 0.5) is 5.69 Å². The molecule has 0 spiro atoms. The second-order valence-corrected chi connectivity index (χ2v) is 3.14. The summed E-state index contributed by atoms with van der Waals surface area (Å²) < 4.78 is 0. The summed E-state index contributed by atoms with van der Waals surface area (Å²) in [6.07, 6.45) is 7.34. The van der Waals surface area contributed by atoms with E-state index < -0.39 is 0 Å². The smallest absolute Gasteiger partial charge is 0.240 e. The number of aliphatic imine (C=N–C) groups is 1. The van der Waals surface area contributed by atoms with E-state index in [1.54, 1.807) is 12.1 Å². The summed E-state index contributed by atoms with van der Waals surface area (Å²) in [5.41, 5.74) is 1.25. The van der Waals surface area contributed by atoms with Gasteiger partial charge in [0.15, 0.2) is 0 Å². The van der Waals surface area contributed by atoms with Crippen LogP contribution in [0.5, 0.6) is 5.75 Å². The first-order valence-corrected chi connectivity index (χ1v) is 4.85. The Bertz CT molecular complexity index is 404. The van der Waals surface area contributed by atoms with Crippen LogP contribution < -0.4 is 0 Å². The Morgan fingerprint density at radius 1 is 1.53 bits per heavy atom. The van der Waals surface area contributed by atoms with Crippen LogP contribution in [0.2, 0.25) is 0 Å². The highest BCUT2D eigenvalue weighted by Crippen LogP contribution is 2.24. The van der Waals surface area contributed by atoms with Crippen LogP contribution in [-0.4, -0.2) is 11.2 Å². The average molecular weight is 203 g/mol. The maximum absolute atomic E-state index is 10.2. The molecule has 0 aliphatic carbocycles. The fraction of sp³-hybridized carbons (Fsp3) is 0.250. The van der Waals surface area contributed by atoms with Crippen LogP contribution in [-0.2, 0) is 4.79 Å². The predicted octanol–water partition coefficient (Wildman–Crippen LogP) is 3.17. The van der Waals surface area contributed by atoms with Gasteiger partial charge in [-0.1, -0.05) is 25.5 Å². The van der Waals surface area contributed by atoms with Crippen LogP contribution in [0, 0.1) is 0 Å². The van der Waals surface area contributed by atoms with Crippen molar-refractivity contribution < 1.29 is 9.90 Å². The summed E-state index contributed by atoms with van der Waals surface area (Å²) >= 11 is 0. The van der Waals surface area contributed by atoms with Gasteiger partial charge in [-0.3, -0.25) is 0 Å². The molecule has 15 heavy (non-hydrogen) atoms. The molecular weight excluding hydrogens is 190 g/mol. The topological polar surface area (TPSA) is 49.7 Å². The van der Waals surface area contributed by atoms with Crippen molar-refractivity contribution in [3.63, 3.8) is 0 Å². The number of unbranched alkanes of at least 4 members (excludes halogenated alkanes) is 1. The molecule has 0 heterocycles. The van der Waals surface area contributed by atoms with E-state index in [9.17, 15) is 9.90 Å². The van der Waals surface area contributed by atoms with Gasteiger partial charge in [-0.05, 0) is 24.6 Å². The molecule has 0 amide bonds. The Hall–Kier alpha value is -1.86. The second-order valence-electron chi connectivity index (χ2n) is 3.14. The first-order valence-electron chi connectivity index (χ1n) is 4.85. The van der Waals surface area contributed by atoms with Gasteiger partial charge < -0.3 is 5.11 Å². The second kappa shape index (κ2) is 5.78.